The van der Waals surface area contributed by atoms with Gasteiger partial charge < -0.3 is 14.7 Å². The fourth-order valence-corrected chi connectivity index (χ4v) is 7.25. The number of ether oxygens (including phenoxy) is 1. The van der Waals surface area contributed by atoms with Crippen LogP contribution in [0.15, 0.2) is 65.4 Å². The summed E-state index contributed by atoms with van der Waals surface area (Å²) >= 11 is 2.78. The molecule has 2 fully saturated rings. The van der Waals surface area contributed by atoms with Crippen LogP contribution in [0.4, 0.5) is 0 Å². The van der Waals surface area contributed by atoms with Crippen LogP contribution >= 0.6 is 22.7 Å². The van der Waals surface area contributed by atoms with Gasteiger partial charge in [-0.1, -0.05) is 42.5 Å². The highest BCUT2D eigenvalue weighted by atomic mass is 32.1. The predicted molar refractivity (Wildman–Crippen MR) is 129 cm³/mol. The van der Waals surface area contributed by atoms with Gasteiger partial charge in [0.05, 0.1) is 9.75 Å². The van der Waals surface area contributed by atoms with Gasteiger partial charge in [-0.15, -0.1) is 22.7 Å². The zero-order chi connectivity index (χ0) is 22.1. The lowest BCUT2D eigenvalue weighted by Gasteiger charge is -2.32. The Balaban J connectivity index is 1.29. The Morgan fingerprint density at radius 2 is 1.75 bits per heavy atom. The average molecular weight is 468 g/mol. The number of likely N-dealkylation sites (N-methyl/N-ethyl adjacent to an activating group) is 1. The van der Waals surface area contributed by atoms with Crippen LogP contribution in [0.25, 0.3) is 0 Å². The molecule has 0 spiro atoms. The van der Waals surface area contributed by atoms with E-state index >= 15 is 0 Å². The first kappa shape index (κ1) is 21.8. The molecule has 0 aliphatic heterocycles. The summed E-state index contributed by atoms with van der Waals surface area (Å²) in [5.74, 6) is 0.182. The van der Waals surface area contributed by atoms with E-state index in [1.165, 1.54) is 28.2 Å². The number of hydrogen-bond donors (Lipinski definition) is 1. The van der Waals surface area contributed by atoms with Gasteiger partial charge in [0, 0.05) is 18.5 Å². The van der Waals surface area contributed by atoms with Crippen molar-refractivity contribution in [3.05, 3.63) is 80.7 Å². The van der Waals surface area contributed by atoms with Gasteiger partial charge in [0.1, 0.15) is 6.10 Å². The second-order valence-corrected chi connectivity index (χ2v) is 11.0. The van der Waals surface area contributed by atoms with Gasteiger partial charge in [-0.25, -0.2) is 4.79 Å². The van der Waals surface area contributed by atoms with Gasteiger partial charge >= 0.3 is 5.97 Å². The maximum atomic E-state index is 13.5. The summed E-state index contributed by atoms with van der Waals surface area (Å²) in [6.07, 6.45) is 4.15. The van der Waals surface area contributed by atoms with Crippen LogP contribution in [-0.4, -0.2) is 41.7 Å². The Hall–Kier alpha value is -1.99. The molecule has 2 aliphatic carbocycles. The fraction of sp³-hybridized carbons (Fsp3) is 0.423. The highest BCUT2D eigenvalue weighted by Crippen LogP contribution is 2.49. The molecule has 4 nitrogen and oxygen atoms in total. The quantitative estimate of drug-likeness (QED) is 0.477. The first-order valence-electron chi connectivity index (χ1n) is 11.3. The Morgan fingerprint density at radius 1 is 1.06 bits per heavy atom. The van der Waals surface area contributed by atoms with Gasteiger partial charge in [-0.3, -0.25) is 0 Å². The topological polar surface area (TPSA) is 49.8 Å². The third-order valence-corrected chi connectivity index (χ3v) is 9.21. The number of nitrogens with zero attached hydrogens (tertiary/aromatic N) is 1. The minimum Gasteiger partial charge on any atom is -0.459 e. The Morgan fingerprint density at radius 3 is 2.38 bits per heavy atom. The van der Waals surface area contributed by atoms with Crippen molar-refractivity contribution in [1.82, 2.24) is 4.90 Å². The van der Waals surface area contributed by atoms with E-state index in [4.69, 9.17) is 4.74 Å². The van der Waals surface area contributed by atoms with Crippen LogP contribution in [-0.2, 0) is 21.6 Å². The molecule has 2 aliphatic rings. The van der Waals surface area contributed by atoms with Crippen molar-refractivity contribution in [1.29, 1.82) is 0 Å². The second-order valence-electron chi connectivity index (χ2n) is 9.06. The second kappa shape index (κ2) is 9.10. The van der Waals surface area contributed by atoms with E-state index in [0.29, 0.717) is 27.6 Å². The normalized spacial score (nSPS) is 24.8. The number of rotatable bonds is 8. The van der Waals surface area contributed by atoms with Crippen molar-refractivity contribution < 1.29 is 14.6 Å². The number of benzene rings is 1. The summed E-state index contributed by atoms with van der Waals surface area (Å²) in [6, 6.07) is 18.4. The zero-order valence-corrected chi connectivity index (χ0v) is 19.9. The number of carbonyl (C=O) groups excluding carboxylic acids is 1. The summed E-state index contributed by atoms with van der Waals surface area (Å²) in [5, 5.41) is 15.3. The van der Waals surface area contributed by atoms with Crippen LogP contribution in [0, 0.1) is 11.8 Å². The van der Waals surface area contributed by atoms with Gasteiger partial charge in [-0.05, 0) is 67.1 Å². The first-order chi connectivity index (χ1) is 15.6. The molecule has 0 radical (unpaired) electrons. The molecule has 3 aromatic rings. The molecule has 5 rings (SSSR count). The van der Waals surface area contributed by atoms with Crippen LogP contribution in [0.3, 0.4) is 0 Å². The molecule has 6 heteroatoms. The zero-order valence-electron chi connectivity index (χ0n) is 18.2. The molecule has 0 saturated heterocycles. The summed E-state index contributed by atoms with van der Waals surface area (Å²) in [5.41, 5.74) is -0.374. The van der Waals surface area contributed by atoms with E-state index in [0.717, 1.165) is 32.2 Å². The lowest BCUT2D eigenvalue weighted by molar-refractivity contribution is -0.170. The number of aliphatic hydroxyl groups is 1. The van der Waals surface area contributed by atoms with Crippen molar-refractivity contribution in [3.8, 4) is 0 Å². The predicted octanol–water partition coefficient (Wildman–Crippen LogP) is 4.93. The molecule has 4 atom stereocenters. The highest BCUT2D eigenvalue weighted by molar-refractivity contribution is 7.12. The van der Waals surface area contributed by atoms with Crippen LogP contribution < -0.4 is 0 Å². The third-order valence-electron chi connectivity index (χ3n) is 7.25. The third kappa shape index (κ3) is 3.94. The number of carbonyl (C=O) groups is 1. The first-order valence-corrected chi connectivity index (χ1v) is 13.1. The minimum absolute atomic E-state index is 0.113. The number of esters is 1. The van der Waals surface area contributed by atoms with Crippen molar-refractivity contribution in [2.24, 2.45) is 11.8 Å². The SMILES string of the molecule is CN(CCc1ccccc1)[C@H]1CC2CC[C@@H]1C2OC(=O)C(O)(c1cccs1)c1cccs1. The molecule has 168 valence electrons. The summed E-state index contributed by atoms with van der Waals surface area (Å²) in [7, 11) is 2.20. The van der Waals surface area contributed by atoms with Crippen LogP contribution in [0.1, 0.15) is 34.6 Å². The van der Waals surface area contributed by atoms with Crippen molar-refractivity contribution in [2.75, 3.05) is 13.6 Å². The summed E-state index contributed by atoms with van der Waals surface area (Å²) < 4.78 is 6.15. The van der Waals surface area contributed by atoms with E-state index in [2.05, 4.69) is 42.3 Å². The molecular formula is C26H29NO3S2. The van der Waals surface area contributed by atoms with Gasteiger partial charge in [0.25, 0.3) is 0 Å². The molecule has 1 N–H and O–H groups in total. The monoisotopic (exact) mass is 467 g/mol. The van der Waals surface area contributed by atoms with Crippen molar-refractivity contribution >= 4 is 28.6 Å². The van der Waals surface area contributed by atoms with E-state index in [1.54, 1.807) is 0 Å². The van der Waals surface area contributed by atoms with Gasteiger partial charge in [0.2, 0.25) is 5.60 Å². The average Bonchev–Trinajstić information content (AvgIpc) is 3.63. The summed E-state index contributed by atoms with van der Waals surface area (Å²) in [4.78, 5) is 17.1. The minimum atomic E-state index is -1.72. The lowest BCUT2D eigenvalue weighted by Crippen LogP contribution is -2.42. The van der Waals surface area contributed by atoms with Gasteiger partial charge in [0.15, 0.2) is 0 Å². The molecule has 0 amide bonds. The van der Waals surface area contributed by atoms with E-state index in [-0.39, 0.29) is 6.10 Å². The van der Waals surface area contributed by atoms with Crippen LogP contribution in [0.2, 0.25) is 0 Å². The maximum Gasteiger partial charge on any atom is 0.349 e. The Labute approximate surface area is 197 Å². The highest BCUT2D eigenvalue weighted by Gasteiger charge is 2.54. The van der Waals surface area contributed by atoms with Gasteiger partial charge in [-0.2, -0.15) is 0 Å². The lowest BCUT2D eigenvalue weighted by atomic mass is 9.94. The largest absolute Gasteiger partial charge is 0.459 e. The molecule has 2 heterocycles. The Kier molecular flexibility index (Phi) is 6.21. The smallest absolute Gasteiger partial charge is 0.349 e. The molecule has 32 heavy (non-hydrogen) atoms. The number of fused-ring (bicyclic) bond motifs is 2. The van der Waals surface area contributed by atoms with Crippen LogP contribution in [0.5, 0.6) is 0 Å². The van der Waals surface area contributed by atoms with E-state index in [9.17, 15) is 9.90 Å². The standard InChI is InChI=1S/C26H29NO3S2/c1-27(14-13-18-7-3-2-4-8-18)21-17-19-11-12-20(21)24(19)30-25(28)26(29,22-9-5-15-31-22)23-10-6-16-32-23/h2-10,15-16,19-21,24,29H,11-14,17H2,1H3/t19?,20-,21-,24?/m0/s1. The fourth-order valence-electron chi connectivity index (χ4n) is 5.54. The van der Waals surface area contributed by atoms with Crippen molar-refractivity contribution in [2.45, 2.75) is 43.4 Å². The summed E-state index contributed by atoms with van der Waals surface area (Å²) in [6.45, 7) is 0.993. The molecule has 1 aromatic carbocycles. The molecule has 2 aromatic heterocycles. The number of hydrogen-bond acceptors (Lipinski definition) is 6. The molecule has 2 saturated carbocycles. The van der Waals surface area contributed by atoms with E-state index < -0.39 is 11.6 Å². The Bertz CT molecular complexity index is 985. The molecule has 2 bridgehead atoms. The van der Waals surface area contributed by atoms with E-state index in [1.807, 2.05) is 35.0 Å². The molecular weight excluding hydrogens is 438 g/mol. The van der Waals surface area contributed by atoms with Crippen molar-refractivity contribution in [3.63, 3.8) is 0 Å². The maximum absolute atomic E-state index is 13.5. The molecule has 2 unspecified atom stereocenters. The number of thiophene rings is 2.